The average molecular weight is 500 g/mol. The summed E-state index contributed by atoms with van der Waals surface area (Å²) < 4.78 is 12.8. The van der Waals surface area contributed by atoms with Gasteiger partial charge in [0, 0.05) is 50.2 Å². The van der Waals surface area contributed by atoms with E-state index in [9.17, 15) is 14.6 Å². The third-order valence-electron chi connectivity index (χ3n) is 7.75. The van der Waals surface area contributed by atoms with E-state index in [4.69, 9.17) is 16.6 Å². The molecule has 9 nitrogen and oxygen atoms in total. The van der Waals surface area contributed by atoms with Crippen LogP contribution in [0.25, 0.3) is 0 Å². The number of hydrogen-bond acceptors (Lipinski definition) is 9. The van der Waals surface area contributed by atoms with Gasteiger partial charge in [-0.3, -0.25) is 4.21 Å². The van der Waals surface area contributed by atoms with Gasteiger partial charge in [0.15, 0.2) is 0 Å². The molecule has 0 amide bonds. The average Bonchev–Trinajstić information content (AvgIpc) is 3.49. The van der Waals surface area contributed by atoms with Crippen LogP contribution in [-0.2, 0) is 17.2 Å². The maximum absolute atomic E-state index is 12.8. The molecule has 2 aromatic rings. The molecule has 0 spiro atoms. The summed E-state index contributed by atoms with van der Waals surface area (Å²) in [5.74, 6) is 2.74. The first kappa shape index (κ1) is 22.0. The van der Waals surface area contributed by atoms with Crippen LogP contribution in [0.15, 0.2) is 17.3 Å². The quantitative estimate of drug-likeness (QED) is 0.636. The fourth-order valence-corrected chi connectivity index (χ4v) is 7.23. The monoisotopic (exact) mass is 499 g/mol. The lowest BCUT2D eigenvalue weighted by molar-refractivity contribution is 0.144. The second-order valence-corrected chi connectivity index (χ2v) is 11.8. The normalized spacial score (nSPS) is 26.7. The Morgan fingerprint density at radius 2 is 1.88 bits per heavy atom. The molecule has 5 heterocycles. The number of aliphatic hydroxyl groups is 1. The molecule has 2 N–H and O–H groups in total. The summed E-state index contributed by atoms with van der Waals surface area (Å²) in [6.45, 7) is 3.27. The zero-order valence-electron chi connectivity index (χ0n) is 18.7. The van der Waals surface area contributed by atoms with Crippen LogP contribution < -0.4 is 15.1 Å². The minimum Gasteiger partial charge on any atom is -0.394 e. The molecule has 1 aliphatic carbocycles. The van der Waals surface area contributed by atoms with Crippen molar-refractivity contribution in [3.05, 3.63) is 28.7 Å². The molecule has 34 heavy (non-hydrogen) atoms. The number of pyridine rings is 1. The topological polar surface area (TPSA) is 118 Å². The smallest absolute Gasteiger partial charge is 0.225 e. The summed E-state index contributed by atoms with van der Waals surface area (Å²) >= 11 is 5.93. The standard InChI is InChI=1S/C23H26ClN7O2S/c24-16-7-26-22(27-8-16)31-11-14-9-30(10-15(14)12-31)21-17(6-25)19(29-23(13-32)3-1-4-23)20-18(28-21)2-5-34(20)33/h7-8,14-15,32H,1-5,9-13H2,(H,28,29)/t14?,15?,34-/m0/s1. The Kier molecular flexibility index (Phi) is 5.39. The van der Waals surface area contributed by atoms with Crippen LogP contribution >= 0.6 is 11.6 Å². The van der Waals surface area contributed by atoms with Crippen molar-refractivity contribution in [3.8, 4) is 6.07 Å². The number of halogens is 1. The molecule has 3 atom stereocenters. The number of rotatable bonds is 5. The van der Waals surface area contributed by atoms with E-state index < -0.39 is 16.3 Å². The van der Waals surface area contributed by atoms with Gasteiger partial charge in [-0.25, -0.2) is 15.0 Å². The molecular formula is C23H26ClN7O2S. The van der Waals surface area contributed by atoms with E-state index in [1.807, 2.05) is 0 Å². The minimum atomic E-state index is -1.18. The van der Waals surface area contributed by atoms with E-state index in [2.05, 4.69) is 31.2 Å². The third kappa shape index (κ3) is 3.53. The molecule has 0 aromatic carbocycles. The Bertz CT molecular complexity index is 1180. The maximum atomic E-state index is 12.8. The highest BCUT2D eigenvalue weighted by molar-refractivity contribution is 7.85. The maximum Gasteiger partial charge on any atom is 0.225 e. The van der Waals surface area contributed by atoms with Crippen LogP contribution in [0.1, 0.15) is 30.5 Å². The summed E-state index contributed by atoms with van der Waals surface area (Å²) in [5.41, 5.74) is 1.45. The van der Waals surface area contributed by atoms with E-state index in [1.54, 1.807) is 12.4 Å². The highest BCUT2D eigenvalue weighted by Gasteiger charge is 2.44. The summed E-state index contributed by atoms with van der Waals surface area (Å²) in [6, 6.07) is 2.37. The SMILES string of the molecule is N#Cc1c(N2CC3CN(c4ncc(Cl)cn4)CC3C2)nc2c(c1NC1(CO)CCC1)[S@@](=O)CC2. The first-order chi connectivity index (χ1) is 16.5. The van der Waals surface area contributed by atoms with Crippen molar-refractivity contribution in [1.29, 1.82) is 5.26 Å². The zero-order chi connectivity index (χ0) is 23.4. The van der Waals surface area contributed by atoms with Gasteiger partial charge < -0.3 is 20.2 Å². The molecule has 4 aliphatic rings. The molecular weight excluding hydrogens is 474 g/mol. The van der Waals surface area contributed by atoms with Crippen LogP contribution in [0.2, 0.25) is 5.02 Å². The summed E-state index contributed by atoms with van der Waals surface area (Å²) in [4.78, 5) is 18.7. The Hall–Kier alpha value is -2.48. The number of hydrogen-bond donors (Lipinski definition) is 2. The van der Waals surface area contributed by atoms with Crippen molar-refractivity contribution in [2.75, 3.05) is 53.7 Å². The van der Waals surface area contributed by atoms with Crippen molar-refractivity contribution < 1.29 is 9.32 Å². The lowest BCUT2D eigenvalue weighted by atomic mass is 9.77. The Morgan fingerprint density at radius 3 is 2.47 bits per heavy atom. The number of aromatic nitrogens is 3. The van der Waals surface area contributed by atoms with Crippen LogP contribution in [0.4, 0.5) is 17.5 Å². The van der Waals surface area contributed by atoms with Gasteiger partial charge in [0.05, 0.1) is 56.6 Å². The molecule has 6 rings (SSSR count). The molecule has 3 aliphatic heterocycles. The van der Waals surface area contributed by atoms with Gasteiger partial charge in [-0.15, -0.1) is 0 Å². The molecule has 11 heteroatoms. The van der Waals surface area contributed by atoms with Crippen LogP contribution in [0.5, 0.6) is 0 Å². The fourth-order valence-electron chi connectivity index (χ4n) is 5.75. The Balaban J connectivity index is 1.29. The van der Waals surface area contributed by atoms with Crippen molar-refractivity contribution in [1.82, 2.24) is 15.0 Å². The number of anilines is 3. The second-order valence-electron chi connectivity index (χ2n) is 9.82. The lowest BCUT2D eigenvalue weighted by Crippen LogP contribution is -2.48. The van der Waals surface area contributed by atoms with Gasteiger partial charge in [0.1, 0.15) is 17.5 Å². The highest BCUT2D eigenvalue weighted by atomic mass is 35.5. The van der Waals surface area contributed by atoms with E-state index in [1.165, 1.54) is 0 Å². The number of nitrogens with one attached hydrogen (secondary N) is 1. The summed E-state index contributed by atoms with van der Waals surface area (Å²) in [6.07, 6.45) is 6.59. The molecule has 178 valence electrons. The predicted molar refractivity (Wildman–Crippen MR) is 130 cm³/mol. The fraction of sp³-hybridized carbons (Fsp3) is 0.565. The molecule has 1 saturated carbocycles. The van der Waals surface area contributed by atoms with Crippen LogP contribution in [0.3, 0.4) is 0 Å². The van der Waals surface area contributed by atoms with Crippen molar-refractivity contribution in [3.63, 3.8) is 0 Å². The molecule has 2 unspecified atom stereocenters. The van der Waals surface area contributed by atoms with Gasteiger partial charge in [-0.2, -0.15) is 5.26 Å². The number of nitrogens with zero attached hydrogens (tertiary/aromatic N) is 6. The Morgan fingerprint density at radius 1 is 1.21 bits per heavy atom. The molecule has 0 radical (unpaired) electrons. The van der Waals surface area contributed by atoms with Gasteiger partial charge in [-0.05, 0) is 19.3 Å². The van der Waals surface area contributed by atoms with E-state index in [0.717, 1.165) is 51.1 Å². The number of fused-ring (bicyclic) bond motifs is 2. The number of nitriles is 1. The predicted octanol–water partition coefficient (Wildman–Crippen LogP) is 1.96. The number of aryl methyl sites for hydroxylation is 1. The third-order valence-corrected chi connectivity index (χ3v) is 9.41. The first-order valence-electron chi connectivity index (χ1n) is 11.7. The lowest BCUT2D eigenvalue weighted by Gasteiger charge is -2.42. The molecule has 2 saturated heterocycles. The van der Waals surface area contributed by atoms with Crippen LogP contribution in [-0.4, -0.2) is 68.3 Å². The highest BCUT2D eigenvalue weighted by Crippen LogP contribution is 2.44. The molecule has 3 fully saturated rings. The van der Waals surface area contributed by atoms with Crippen molar-refractivity contribution in [2.24, 2.45) is 11.8 Å². The summed E-state index contributed by atoms with van der Waals surface area (Å²) in [5, 5.41) is 24.2. The molecule has 2 aromatic heterocycles. The zero-order valence-corrected chi connectivity index (χ0v) is 20.3. The molecule has 0 bridgehead atoms. The largest absolute Gasteiger partial charge is 0.394 e. The van der Waals surface area contributed by atoms with Gasteiger partial charge in [0.2, 0.25) is 5.95 Å². The Labute approximate surface area is 205 Å². The minimum absolute atomic E-state index is 0.00655. The van der Waals surface area contributed by atoms with Crippen LogP contribution in [0, 0.1) is 23.2 Å². The van der Waals surface area contributed by atoms with Crippen molar-refractivity contribution in [2.45, 2.75) is 36.1 Å². The summed E-state index contributed by atoms with van der Waals surface area (Å²) in [7, 11) is -1.18. The van der Waals surface area contributed by atoms with Gasteiger partial charge in [0.25, 0.3) is 0 Å². The van der Waals surface area contributed by atoms with E-state index >= 15 is 0 Å². The first-order valence-corrected chi connectivity index (χ1v) is 13.4. The van der Waals surface area contributed by atoms with Crippen molar-refractivity contribution >= 4 is 39.9 Å². The van der Waals surface area contributed by atoms with E-state index in [0.29, 0.717) is 56.9 Å². The number of aliphatic hydroxyl groups excluding tert-OH is 1. The van der Waals surface area contributed by atoms with E-state index in [-0.39, 0.29) is 6.61 Å². The second kappa shape index (κ2) is 8.33. The van der Waals surface area contributed by atoms with Gasteiger partial charge in [-0.1, -0.05) is 11.6 Å². The van der Waals surface area contributed by atoms with Gasteiger partial charge >= 0.3 is 0 Å².